The van der Waals surface area contributed by atoms with E-state index in [0.717, 1.165) is 49.7 Å². The Morgan fingerprint density at radius 1 is 1.17 bits per heavy atom. The molecule has 2 aliphatic heterocycles. The summed E-state index contributed by atoms with van der Waals surface area (Å²) in [6.07, 6.45) is 3.00. The molecular formula is C18H23N5O. The zero-order chi connectivity index (χ0) is 16.7. The topological polar surface area (TPSA) is 63.1 Å². The number of aryl methyl sites for hydroxylation is 1. The molecule has 1 atom stereocenters. The fourth-order valence-corrected chi connectivity index (χ4v) is 3.69. The molecule has 0 saturated carbocycles. The number of fused-ring (bicyclic) bond motifs is 2. The van der Waals surface area contributed by atoms with Crippen molar-refractivity contribution < 1.29 is 4.79 Å². The molecule has 6 nitrogen and oxygen atoms in total. The van der Waals surface area contributed by atoms with Gasteiger partial charge in [0, 0.05) is 25.2 Å². The average Bonchev–Trinajstić information content (AvgIpc) is 3.27. The third-order valence-corrected chi connectivity index (χ3v) is 4.99. The Hall–Kier alpha value is -2.37. The second kappa shape index (κ2) is 5.92. The number of benzene rings is 1. The molecule has 6 heteroatoms. The van der Waals surface area contributed by atoms with Crippen LogP contribution in [0.25, 0.3) is 0 Å². The monoisotopic (exact) mass is 325 g/mol. The van der Waals surface area contributed by atoms with Gasteiger partial charge in [0.1, 0.15) is 5.82 Å². The number of nitrogens with one attached hydrogen (secondary N) is 1. The van der Waals surface area contributed by atoms with Crippen molar-refractivity contribution in [1.29, 1.82) is 0 Å². The molecule has 0 bridgehead atoms. The summed E-state index contributed by atoms with van der Waals surface area (Å²) >= 11 is 0. The van der Waals surface area contributed by atoms with E-state index in [-0.39, 0.29) is 18.0 Å². The molecule has 0 saturated heterocycles. The van der Waals surface area contributed by atoms with Crippen LogP contribution in [0.5, 0.6) is 0 Å². The van der Waals surface area contributed by atoms with E-state index < -0.39 is 0 Å². The Labute approximate surface area is 141 Å². The van der Waals surface area contributed by atoms with Gasteiger partial charge in [-0.3, -0.25) is 4.90 Å². The zero-order valence-electron chi connectivity index (χ0n) is 14.2. The maximum absolute atomic E-state index is 12.9. The predicted octanol–water partition coefficient (Wildman–Crippen LogP) is 2.69. The molecule has 24 heavy (non-hydrogen) atoms. The first-order valence-electron chi connectivity index (χ1n) is 8.73. The summed E-state index contributed by atoms with van der Waals surface area (Å²) in [5.74, 6) is 2.18. The van der Waals surface area contributed by atoms with Crippen molar-refractivity contribution in [2.75, 3.05) is 11.4 Å². The highest BCUT2D eigenvalue weighted by molar-refractivity contribution is 5.94. The van der Waals surface area contributed by atoms with Gasteiger partial charge in [-0.25, -0.2) is 4.79 Å². The van der Waals surface area contributed by atoms with Crippen molar-refractivity contribution in [3.8, 4) is 0 Å². The summed E-state index contributed by atoms with van der Waals surface area (Å²) < 4.78 is 2.17. The van der Waals surface area contributed by atoms with Crippen LogP contribution < -0.4 is 10.2 Å². The summed E-state index contributed by atoms with van der Waals surface area (Å²) in [5.41, 5.74) is 2.25. The first-order valence-corrected chi connectivity index (χ1v) is 8.73. The Morgan fingerprint density at radius 2 is 2.00 bits per heavy atom. The number of carbonyl (C=O) groups excluding carboxylic acids is 1. The smallest absolute Gasteiger partial charge is 0.322 e. The number of urea groups is 1. The van der Waals surface area contributed by atoms with Gasteiger partial charge in [0.05, 0.1) is 6.04 Å². The summed E-state index contributed by atoms with van der Waals surface area (Å²) in [6.45, 7) is 5.90. The Morgan fingerprint density at radius 3 is 2.83 bits per heavy atom. The number of para-hydroxylation sites is 1. The number of nitrogens with zero attached hydrogens (tertiary/aromatic N) is 4. The molecular weight excluding hydrogens is 302 g/mol. The average molecular weight is 325 g/mol. The number of hydrogen-bond donors (Lipinski definition) is 1. The van der Waals surface area contributed by atoms with Crippen molar-refractivity contribution >= 4 is 11.7 Å². The fourth-order valence-electron chi connectivity index (χ4n) is 3.69. The molecule has 126 valence electrons. The molecule has 2 amide bonds. The molecule has 0 aliphatic carbocycles. The summed E-state index contributed by atoms with van der Waals surface area (Å²) in [4.78, 5) is 14.7. The number of aromatic nitrogens is 3. The van der Waals surface area contributed by atoms with E-state index >= 15 is 0 Å². The van der Waals surface area contributed by atoms with E-state index in [1.165, 1.54) is 5.56 Å². The first kappa shape index (κ1) is 15.2. The molecule has 1 aromatic carbocycles. The molecule has 0 fully saturated rings. The van der Waals surface area contributed by atoms with Crippen molar-refractivity contribution in [1.82, 2.24) is 20.1 Å². The standard InChI is InChI=1S/C18H23N5O/c1-12(2)16(17-21-20-15-8-5-10-23(15)17)19-18(24)22-11-9-13-6-3-4-7-14(13)22/h3-4,6-7,12,16H,5,8-11H2,1-2H3,(H,19,24). The van der Waals surface area contributed by atoms with Gasteiger partial charge in [-0.2, -0.15) is 0 Å². The normalized spacial score (nSPS) is 17.0. The number of anilines is 1. The van der Waals surface area contributed by atoms with Crippen molar-refractivity contribution in [2.24, 2.45) is 5.92 Å². The van der Waals surface area contributed by atoms with E-state index in [9.17, 15) is 4.79 Å². The molecule has 2 aromatic rings. The quantitative estimate of drug-likeness (QED) is 0.944. The van der Waals surface area contributed by atoms with E-state index in [0.29, 0.717) is 0 Å². The Kier molecular flexibility index (Phi) is 3.75. The number of hydrogen-bond acceptors (Lipinski definition) is 3. The molecule has 3 heterocycles. The van der Waals surface area contributed by atoms with E-state index in [1.54, 1.807) is 0 Å². The highest BCUT2D eigenvalue weighted by Gasteiger charge is 2.31. The summed E-state index contributed by atoms with van der Waals surface area (Å²) in [5, 5.41) is 11.8. The lowest BCUT2D eigenvalue weighted by Gasteiger charge is -2.26. The van der Waals surface area contributed by atoms with Crippen LogP contribution in [-0.2, 0) is 19.4 Å². The maximum atomic E-state index is 12.9. The van der Waals surface area contributed by atoms with Gasteiger partial charge in [-0.05, 0) is 30.4 Å². The Bertz CT molecular complexity index is 767. The van der Waals surface area contributed by atoms with Crippen molar-refractivity contribution in [3.63, 3.8) is 0 Å². The zero-order valence-corrected chi connectivity index (χ0v) is 14.2. The SMILES string of the molecule is CC(C)C(NC(=O)N1CCc2ccccc21)c1nnc2n1CCC2. The van der Waals surface area contributed by atoms with Crippen molar-refractivity contribution in [2.45, 2.75) is 45.7 Å². The lowest BCUT2D eigenvalue weighted by molar-refractivity contribution is 0.237. The highest BCUT2D eigenvalue weighted by atomic mass is 16.2. The highest BCUT2D eigenvalue weighted by Crippen LogP contribution is 2.29. The molecule has 0 radical (unpaired) electrons. The summed E-state index contributed by atoms with van der Waals surface area (Å²) in [6, 6.07) is 7.94. The van der Waals surface area contributed by atoms with Gasteiger partial charge >= 0.3 is 6.03 Å². The predicted molar refractivity (Wildman–Crippen MR) is 91.9 cm³/mol. The fraction of sp³-hybridized carbons (Fsp3) is 0.500. The van der Waals surface area contributed by atoms with Crippen LogP contribution in [0.2, 0.25) is 0 Å². The lowest BCUT2D eigenvalue weighted by atomic mass is 10.0. The number of amides is 2. The van der Waals surface area contributed by atoms with E-state index in [4.69, 9.17) is 0 Å². The third kappa shape index (κ3) is 2.46. The Balaban J connectivity index is 1.57. The molecule has 1 unspecified atom stereocenters. The van der Waals surface area contributed by atoms with Crippen LogP contribution in [0.1, 0.15) is 43.5 Å². The number of rotatable bonds is 3. The van der Waals surface area contributed by atoms with Crippen molar-refractivity contribution in [3.05, 3.63) is 41.5 Å². The van der Waals surface area contributed by atoms with E-state index in [2.05, 4.69) is 40.0 Å². The third-order valence-electron chi connectivity index (χ3n) is 4.99. The van der Waals surface area contributed by atoms with Gasteiger partial charge < -0.3 is 9.88 Å². The second-order valence-electron chi connectivity index (χ2n) is 6.93. The van der Waals surface area contributed by atoms with Crippen LogP contribution in [0.15, 0.2) is 24.3 Å². The molecule has 2 aliphatic rings. The van der Waals surface area contributed by atoms with Gasteiger partial charge in [0.15, 0.2) is 5.82 Å². The molecule has 0 spiro atoms. The van der Waals surface area contributed by atoms with Crippen LogP contribution in [-0.4, -0.2) is 27.3 Å². The lowest BCUT2D eigenvalue weighted by Crippen LogP contribution is -2.43. The van der Waals surface area contributed by atoms with E-state index in [1.807, 2.05) is 23.1 Å². The van der Waals surface area contributed by atoms with Crippen LogP contribution in [0.4, 0.5) is 10.5 Å². The molecule has 1 aromatic heterocycles. The summed E-state index contributed by atoms with van der Waals surface area (Å²) in [7, 11) is 0. The minimum Gasteiger partial charge on any atom is -0.327 e. The first-order chi connectivity index (χ1) is 11.6. The van der Waals surface area contributed by atoms with Gasteiger partial charge in [-0.15, -0.1) is 10.2 Å². The maximum Gasteiger partial charge on any atom is 0.322 e. The van der Waals surface area contributed by atoms with Gasteiger partial charge in [0.2, 0.25) is 0 Å². The van der Waals surface area contributed by atoms with Gasteiger partial charge in [-0.1, -0.05) is 32.0 Å². The second-order valence-corrected chi connectivity index (χ2v) is 6.93. The minimum atomic E-state index is -0.121. The van der Waals surface area contributed by atoms with Crippen LogP contribution >= 0.6 is 0 Å². The molecule has 4 rings (SSSR count). The van der Waals surface area contributed by atoms with Gasteiger partial charge in [0.25, 0.3) is 0 Å². The molecule has 1 N–H and O–H groups in total. The van der Waals surface area contributed by atoms with Crippen LogP contribution in [0, 0.1) is 5.92 Å². The number of carbonyl (C=O) groups is 1. The largest absolute Gasteiger partial charge is 0.327 e. The minimum absolute atomic E-state index is 0.0472. The van der Waals surface area contributed by atoms with Crippen LogP contribution in [0.3, 0.4) is 0 Å².